The van der Waals surface area contributed by atoms with Crippen LogP contribution in [-0.4, -0.2) is 5.78 Å². The third kappa shape index (κ3) is 1.33. The number of carbonyl (C=O) groups is 1. The maximum absolute atomic E-state index is 11.9. The van der Waals surface area contributed by atoms with E-state index >= 15 is 0 Å². The number of rotatable bonds is 0. The summed E-state index contributed by atoms with van der Waals surface area (Å²) in [5.41, 5.74) is 3.51. The van der Waals surface area contributed by atoms with E-state index < -0.39 is 0 Å². The van der Waals surface area contributed by atoms with Gasteiger partial charge in [-0.2, -0.15) is 0 Å². The van der Waals surface area contributed by atoms with Crippen molar-refractivity contribution in [1.29, 1.82) is 0 Å². The minimum atomic E-state index is 0.203. The van der Waals surface area contributed by atoms with Gasteiger partial charge in [-0.3, -0.25) is 4.79 Å². The Balaban J connectivity index is 2.52. The molecule has 2 aliphatic rings. The molecule has 0 aromatic rings. The van der Waals surface area contributed by atoms with Crippen LogP contribution < -0.4 is 0 Å². The van der Waals surface area contributed by atoms with Gasteiger partial charge in [0.15, 0.2) is 0 Å². The van der Waals surface area contributed by atoms with E-state index in [0.717, 1.165) is 6.42 Å². The monoisotopic (exact) mass is 220 g/mol. The van der Waals surface area contributed by atoms with E-state index in [4.69, 9.17) is 0 Å². The summed E-state index contributed by atoms with van der Waals surface area (Å²) in [5, 5.41) is 0. The molecule has 90 valence electrons. The van der Waals surface area contributed by atoms with Gasteiger partial charge < -0.3 is 0 Å². The lowest BCUT2D eigenvalue weighted by Gasteiger charge is -2.35. The van der Waals surface area contributed by atoms with E-state index in [1.54, 1.807) is 5.57 Å². The predicted octanol–water partition coefficient (Wildman–Crippen LogP) is 3.98. The molecule has 0 amide bonds. The molecule has 16 heavy (non-hydrogen) atoms. The molecule has 0 aromatic carbocycles. The molecule has 0 saturated carbocycles. The average Bonchev–Trinajstić information content (AvgIpc) is 2.29. The number of Topliss-reactive ketones (excluding diaryl/α,β-unsaturated/α-hetero) is 1. The maximum Gasteiger partial charge on any atom is 0.140 e. The van der Waals surface area contributed by atoms with E-state index in [2.05, 4.69) is 41.5 Å². The van der Waals surface area contributed by atoms with Gasteiger partial charge >= 0.3 is 0 Å². The quantitative estimate of drug-likeness (QED) is 0.564. The number of carbonyl (C=O) groups excluding carboxylic acids is 1. The van der Waals surface area contributed by atoms with Gasteiger partial charge in [0, 0.05) is 12.3 Å². The zero-order valence-corrected chi connectivity index (χ0v) is 11.5. The Morgan fingerprint density at radius 2 is 1.50 bits per heavy atom. The predicted molar refractivity (Wildman–Crippen MR) is 67.2 cm³/mol. The van der Waals surface area contributed by atoms with Gasteiger partial charge in [0.2, 0.25) is 0 Å². The van der Waals surface area contributed by atoms with Crippen LogP contribution in [0.2, 0.25) is 0 Å². The minimum absolute atomic E-state index is 0.203. The van der Waals surface area contributed by atoms with E-state index in [1.165, 1.54) is 5.57 Å². The van der Waals surface area contributed by atoms with Crippen molar-refractivity contribution in [2.24, 2.45) is 22.7 Å². The summed E-state index contributed by atoms with van der Waals surface area (Å²) in [7, 11) is 0. The number of hydrogen-bond donors (Lipinski definition) is 0. The van der Waals surface area contributed by atoms with Gasteiger partial charge in [0.25, 0.3) is 0 Å². The first kappa shape index (κ1) is 11.9. The van der Waals surface area contributed by atoms with Crippen LogP contribution in [0, 0.1) is 22.7 Å². The largest absolute Gasteiger partial charge is 0.299 e. The smallest absolute Gasteiger partial charge is 0.140 e. The number of hydrogen-bond acceptors (Lipinski definition) is 1. The Kier molecular flexibility index (Phi) is 2.38. The third-order valence-corrected chi connectivity index (χ3v) is 5.50. The molecule has 0 heterocycles. The molecule has 0 saturated heterocycles. The molecule has 0 fully saturated rings. The van der Waals surface area contributed by atoms with Gasteiger partial charge in [-0.1, -0.05) is 52.7 Å². The fourth-order valence-corrected chi connectivity index (χ4v) is 3.69. The second-order valence-electron chi connectivity index (χ2n) is 6.87. The summed E-state index contributed by atoms with van der Waals surface area (Å²) in [5.74, 6) is 1.30. The van der Waals surface area contributed by atoms with Crippen LogP contribution in [-0.2, 0) is 4.79 Å². The van der Waals surface area contributed by atoms with E-state index in [9.17, 15) is 4.79 Å². The van der Waals surface area contributed by atoms with Crippen molar-refractivity contribution >= 4 is 5.78 Å². The molecule has 0 N–H and O–H groups in total. The van der Waals surface area contributed by atoms with Crippen LogP contribution in [0.15, 0.2) is 11.1 Å². The SMILES string of the molecule is CC1CC2=C(CC1=O)C(C)(C)C(C)C2(C)C. The maximum atomic E-state index is 11.9. The van der Waals surface area contributed by atoms with Gasteiger partial charge in [0.1, 0.15) is 5.78 Å². The van der Waals surface area contributed by atoms with Crippen LogP contribution in [0.5, 0.6) is 0 Å². The highest BCUT2D eigenvalue weighted by Gasteiger charge is 2.52. The second-order valence-corrected chi connectivity index (χ2v) is 6.87. The molecule has 2 atom stereocenters. The topological polar surface area (TPSA) is 17.1 Å². The zero-order valence-electron chi connectivity index (χ0n) is 11.5. The van der Waals surface area contributed by atoms with Crippen molar-refractivity contribution in [2.75, 3.05) is 0 Å². The Bertz CT molecular complexity index is 371. The highest BCUT2D eigenvalue weighted by molar-refractivity contribution is 5.85. The lowest BCUT2D eigenvalue weighted by molar-refractivity contribution is -0.122. The molecule has 0 bridgehead atoms. The molecule has 1 heteroatoms. The molecule has 0 spiro atoms. The fraction of sp³-hybridized carbons (Fsp3) is 0.800. The first-order valence-corrected chi connectivity index (χ1v) is 6.44. The summed E-state index contributed by atoms with van der Waals surface area (Å²) in [6.45, 7) is 13.7. The Hall–Kier alpha value is -0.590. The lowest BCUT2D eigenvalue weighted by atomic mass is 9.69. The fourth-order valence-electron chi connectivity index (χ4n) is 3.69. The van der Waals surface area contributed by atoms with Crippen molar-refractivity contribution < 1.29 is 4.79 Å². The van der Waals surface area contributed by atoms with Crippen LogP contribution in [0.3, 0.4) is 0 Å². The molecule has 0 radical (unpaired) electrons. The number of allylic oxidation sites excluding steroid dienone is 2. The Morgan fingerprint density at radius 1 is 1.00 bits per heavy atom. The first-order chi connectivity index (χ1) is 7.19. The average molecular weight is 220 g/mol. The normalized spacial score (nSPS) is 36.5. The lowest BCUT2D eigenvalue weighted by Crippen LogP contribution is -2.28. The molecular weight excluding hydrogens is 196 g/mol. The number of ketones is 1. The molecule has 2 unspecified atom stereocenters. The molecule has 2 aliphatic carbocycles. The van der Waals surface area contributed by atoms with Gasteiger partial charge in [-0.15, -0.1) is 0 Å². The van der Waals surface area contributed by atoms with Crippen LogP contribution >= 0.6 is 0 Å². The molecule has 2 rings (SSSR count). The molecule has 0 aromatic heterocycles. The van der Waals surface area contributed by atoms with Gasteiger partial charge in [-0.05, 0) is 23.2 Å². The third-order valence-electron chi connectivity index (χ3n) is 5.50. The minimum Gasteiger partial charge on any atom is -0.299 e. The van der Waals surface area contributed by atoms with E-state index in [1.807, 2.05) is 0 Å². The standard InChI is InChI=1S/C15H24O/c1-9-7-11-12(8-13(9)16)15(5,6)10(2)14(11,3)4/h9-10H,7-8H2,1-6H3. The summed E-state index contributed by atoms with van der Waals surface area (Å²) in [4.78, 5) is 11.9. The van der Waals surface area contributed by atoms with Crippen molar-refractivity contribution in [3.05, 3.63) is 11.1 Å². The Morgan fingerprint density at radius 3 is 2.06 bits per heavy atom. The van der Waals surface area contributed by atoms with Gasteiger partial charge in [-0.25, -0.2) is 0 Å². The van der Waals surface area contributed by atoms with Crippen LogP contribution in [0.1, 0.15) is 54.4 Å². The first-order valence-electron chi connectivity index (χ1n) is 6.44. The second kappa shape index (κ2) is 3.21. The van der Waals surface area contributed by atoms with Crippen molar-refractivity contribution in [2.45, 2.75) is 54.4 Å². The zero-order chi connectivity index (χ0) is 12.3. The van der Waals surface area contributed by atoms with Crippen LogP contribution in [0.4, 0.5) is 0 Å². The summed E-state index contributed by atoms with van der Waals surface area (Å²) < 4.78 is 0. The summed E-state index contributed by atoms with van der Waals surface area (Å²) in [6.07, 6.45) is 1.70. The van der Waals surface area contributed by atoms with Crippen molar-refractivity contribution in [3.8, 4) is 0 Å². The highest BCUT2D eigenvalue weighted by atomic mass is 16.1. The molecule has 1 nitrogen and oxygen atoms in total. The molecule has 0 aliphatic heterocycles. The van der Waals surface area contributed by atoms with Crippen LogP contribution in [0.25, 0.3) is 0 Å². The van der Waals surface area contributed by atoms with Crippen molar-refractivity contribution in [3.63, 3.8) is 0 Å². The summed E-state index contributed by atoms with van der Waals surface area (Å²) >= 11 is 0. The van der Waals surface area contributed by atoms with E-state index in [-0.39, 0.29) is 16.7 Å². The Labute approximate surface area is 99.3 Å². The van der Waals surface area contributed by atoms with Crippen molar-refractivity contribution in [1.82, 2.24) is 0 Å². The highest BCUT2D eigenvalue weighted by Crippen LogP contribution is 2.60. The molecular formula is C15H24O. The van der Waals surface area contributed by atoms with Gasteiger partial charge in [0.05, 0.1) is 0 Å². The summed E-state index contributed by atoms with van der Waals surface area (Å²) in [6, 6.07) is 0. The van der Waals surface area contributed by atoms with E-state index in [0.29, 0.717) is 18.1 Å².